The van der Waals surface area contributed by atoms with Crippen LogP contribution in [0.3, 0.4) is 0 Å². The molecule has 20 heavy (non-hydrogen) atoms. The fraction of sp³-hybridized carbons (Fsp3) is 0.429. The molecule has 110 valence electrons. The molecule has 1 amide bonds. The molecule has 1 aromatic carbocycles. The number of amides is 1. The van der Waals surface area contributed by atoms with E-state index in [0.717, 1.165) is 0 Å². The Kier molecular flexibility index (Phi) is 6.14. The zero-order chi connectivity index (χ0) is 15.1. The van der Waals surface area contributed by atoms with Crippen LogP contribution in [0.2, 0.25) is 0 Å². The lowest BCUT2D eigenvalue weighted by atomic mass is 10.1. The Morgan fingerprint density at radius 2 is 1.85 bits per heavy atom. The number of hydrogen-bond donors (Lipinski definition) is 4. The van der Waals surface area contributed by atoms with Crippen molar-refractivity contribution in [1.29, 1.82) is 0 Å². The summed E-state index contributed by atoms with van der Waals surface area (Å²) in [6.45, 7) is 3.43. The van der Waals surface area contributed by atoms with Crippen molar-refractivity contribution in [2.24, 2.45) is 0 Å². The fourth-order valence-corrected chi connectivity index (χ4v) is 1.53. The first kappa shape index (κ1) is 16.1. The standard InChI is InChI=1S/C14H20N2O4/c1-3-13(18)16-11-6-4-10(5-7-11)12(17)8-15-9(2)14(19)20/h4-7,9,12,15,17H,3,8H2,1-2H3,(H,16,18)(H,19,20). The first-order chi connectivity index (χ1) is 9.43. The molecule has 1 aromatic rings. The Morgan fingerprint density at radius 3 is 2.35 bits per heavy atom. The molecule has 0 aliphatic rings. The molecule has 0 saturated carbocycles. The SMILES string of the molecule is CCC(=O)Nc1ccc(C(O)CNC(C)C(=O)O)cc1. The number of hydrogen-bond acceptors (Lipinski definition) is 4. The van der Waals surface area contributed by atoms with Gasteiger partial charge in [-0.15, -0.1) is 0 Å². The van der Waals surface area contributed by atoms with E-state index < -0.39 is 18.1 Å². The van der Waals surface area contributed by atoms with Gasteiger partial charge in [0.2, 0.25) is 5.91 Å². The number of carboxylic acid groups (broad SMARTS) is 1. The molecule has 0 aromatic heterocycles. The van der Waals surface area contributed by atoms with E-state index >= 15 is 0 Å². The minimum atomic E-state index is -0.963. The smallest absolute Gasteiger partial charge is 0.320 e. The number of anilines is 1. The van der Waals surface area contributed by atoms with Gasteiger partial charge in [0.1, 0.15) is 6.04 Å². The maximum atomic E-state index is 11.2. The van der Waals surface area contributed by atoms with Gasteiger partial charge >= 0.3 is 5.97 Å². The number of rotatable bonds is 7. The first-order valence-corrected chi connectivity index (χ1v) is 6.48. The molecule has 0 radical (unpaired) electrons. The van der Waals surface area contributed by atoms with Crippen LogP contribution in [0.5, 0.6) is 0 Å². The number of aliphatic carboxylic acids is 1. The number of carboxylic acids is 1. The van der Waals surface area contributed by atoms with Crippen LogP contribution in [0.25, 0.3) is 0 Å². The average molecular weight is 280 g/mol. The lowest BCUT2D eigenvalue weighted by Gasteiger charge is -2.15. The van der Waals surface area contributed by atoms with Crippen molar-refractivity contribution in [1.82, 2.24) is 5.32 Å². The third kappa shape index (κ3) is 4.99. The maximum absolute atomic E-state index is 11.2. The topological polar surface area (TPSA) is 98.7 Å². The van der Waals surface area contributed by atoms with Crippen LogP contribution < -0.4 is 10.6 Å². The minimum Gasteiger partial charge on any atom is -0.480 e. The Balaban J connectivity index is 2.55. The zero-order valence-corrected chi connectivity index (χ0v) is 11.6. The number of aliphatic hydroxyl groups is 1. The predicted molar refractivity (Wildman–Crippen MR) is 75.4 cm³/mol. The van der Waals surface area contributed by atoms with Gasteiger partial charge in [0.05, 0.1) is 6.10 Å². The molecule has 0 heterocycles. The molecule has 4 N–H and O–H groups in total. The molecule has 0 fully saturated rings. The molecule has 0 bridgehead atoms. The molecule has 2 unspecified atom stereocenters. The Labute approximate surface area is 117 Å². The molecular formula is C14H20N2O4. The molecule has 0 aliphatic carbocycles. The first-order valence-electron chi connectivity index (χ1n) is 6.48. The van der Waals surface area contributed by atoms with E-state index in [0.29, 0.717) is 17.7 Å². The van der Waals surface area contributed by atoms with Crippen LogP contribution in [0.4, 0.5) is 5.69 Å². The molecule has 2 atom stereocenters. The molecule has 0 saturated heterocycles. The number of carbonyl (C=O) groups excluding carboxylic acids is 1. The van der Waals surface area contributed by atoms with Crippen LogP contribution >= 0.6 is 0 Å². The summed E-state index contributed by atoms with van der Waals surface area (Å²) in [4.78, 5) is 21.9. The highest BCUT2D eigenvalue weighted by atomic mass is 16.4. The predicted octanol–water partition coefficient (Wildman–Crippen LogP) is 1.13. The molecule has 0 spiro atoms. The van der Waals surface area contributed by atoms with Crippen molar-refractivity contribution in [3.63, 3.8) is 0 Å². The summed E-state index contributed by atoms with van der Waals surface area (Å²) in [6, 6.07) is 6.08. The summed E-state index contributed by atoms with van der Waals surface area (Å²) in [5.41, 5.74) is 1.32. The van der Waals surface area contributed by atoms with Crippen LogP contribution in [0, 0.1) is 0 Å². The van der Waals surface area contributed by atoms with Crippen LogP contribution in [0.15, 0.2) is 24.3 Å². The van der Waals surface area contributed by atoms with Crippen molar-refractivity contribution in [2.75, 3.05) is 11.9 Å². The van der Waals surface area contributed by atoms with Gasteiger partial charge < -0.3 is 20.8 Å². The molecule has 1 rings (SSSR count). The average Bonchev–Trinajstić information content (AvgIpc) is 2.44. The molecule has 0 aliphatic heterocycles. The Bertz CT molecular complexity index is 459. The van der Waals surface area contributed by atoms with Gasteiger partial charge in [-0.3, -0.25) is 9.59 Å². The van der Waals surface area contributed by atoms with Crippen molar-refractivity contribution in [2.45, 2.75) is 32.4 Å². The highest BCUT2D eigenvalue weighted by Gasteiger charge is 2.13. The van der Waals surface area contributed by atoms with Gasteiger partial charge in [-0.05, 0) is 24.6 Å². The number of carbonyl (C=O) groups is 2. The van der Waals surface area contributed by atoms with Gasteiger partial charge in [0.25, 0.3) is 0 Å². The zero-order valence-electron chi connectivity index (χ0n) is 11.6. The van der Waals surface area contributed by atoms with Crippen molar-refractivity contribution in [3.8, 4) is 0 Å². The van der Waals surface area contributed by atoms with E-state index in [4.69, 9.17) is 5.11 Å². The van der Waals surface area contributed by atoms with Gasteiger partial charge in [0.15, 0.2) is 0 Å². The Morgan fingerprint density at radius 1 is 1.25 bits per heavy atom. The van der Waals surface area contributed by atoms with Gasteiger partial charge in [-0.1, -0.05) is 19.1 Å². The monoisotopic (exact) mass is 280 g/mol. The highest BCUT2D eigenvalue weighted by molar-refractivity contribution is 5.90. The normalized spacial score (nSPS) is 13.6. The summed E-state index contributed by atoms with van der Waals surface area (Å²) >= 11 is 0. The second kappa shape index (κ2) is 7.62. The van der Waals surface area contributed by atoms with E-state index in [9.17, 15) is 14.7 Å². The number of aliphatic hydroxyl groups excluding tert-OH is 1. The third-order valence-corrected chi connectivity index (χ3v) is 2.89. The summed E-state index contributed by atoms with van der Waals surface area (Å²) in [5.74, 6) is -1.04. The second-order valence-corrected chi connectivity index (χ2v) is 4.51. The van der Waals surface area contributed by atoms with E-state index in [1.165, 1.54) is 6.92 Å². The lowest BCUT2D eigenvalue weighted by Crippen LogP contribution is -2.36. The van der Waals surface area contributed by atoms with Gasteiger partial charge in [-0.25, -0.2) is 0 Å². The number of nitrogens with one attached hydrogen (secondary N) is 2. The van der Waals surface area contributed by atoms with Crippen LogP contribution in [0.1, 0.15) is 31.9 Å². The minimum absolute atomic E-state index is 0.0738. The van der Waals surface area contributed by atoms with Gasteiger partial charge in [0, 0.05) is 18.7 Å². The molecule has 6 heteroatoms. The summed E-state index contributed by atoms with van der Waals surface area (Å²) in [7, 11) is 0. The van der Waals surface area contributed by atoms with Crippen molar-refractivity contribution < 1.29 is 19.8 Å². The summed E-state index contributed by atoms with van der Waals surface area (Å²) < 4.78 is 0. The third-order valence-electron chi connectivity index (χ3n) is 2.89. The van der Waals surface area contributed by atoms with E-state index in [-0.39, 0.29) is 12.5 Å². The highest BCUT2D eigenvalue weighted by Crippen LogP contribution is 2.16. The van der Waals surface area contributed by atoms with Crippen LogP contribution in [-0.2, 0) is 9.59 Å². The van der Waals surface area contributed by atoms with Crippen molar-refractivity contribution >= 4 is 17.6 Å². The number of benzene rings is 1. The molecule has 6 nitrogen and oxygen atoms in total. The van der Waals surface area contributed by atoms with Crippen molar-refractivity contribution in [3.05, 3.63) is 29.8 Å². The van der Waals surface area contributed by atoms with E-state index in [1.54, 1.807) is 31.2 Å². The quantitative estimate of drug-likeness (QED) is 0.600. The van der Waals surface area contributed by atoms with E-state index in [1.807, 2.05) is 0 Å². The second-order valence-electron chi connectivity index (χ2n) is 4.51. The maximum Gasteiger partial charge on any atom is 0.320 e. The molecular weight excluding hydrogens is 260 g/mol. The van der Waals surface area contributed by atoms with Gasteiger partial charge in [-0.2, -0.15) is 0 Å². The van der Waals surface area contributed by atoms with Crippen LogP contribution in [-0.4, -0.2) is 34.7 Å². The lowest BCUT2D eigenvalue weighted by molar-refractivity contribution is -0.139. The fourth-order valence-electron chi connectivity index (χ4n) is 1.53. The summed E-state index contributed by atoms with van der Waals surface area (Å²) in [6.07, 6.45) is -0.394. The summed E-state index contributed by atoms with van der Waals surface area (Å²) in [5, 5.41) is 24.1. The Hall–Kier alpha value is -1.92. The van der Waals surface area contributed by atoms with E-state index in [2.05, 4.69) is 10.6 Å². The largest absolute Gasteiger partial charge is 0.480 e.